The third-order valence-electron chi connectivity index (χ3n) is 6.09. The van der Waals surface area contributed by atoms with Crippen molar-refractivity contribution in [3.63, 3.8) is 0 Å². The number of hydrogen-bond acceptors (Lipinski definition) is 5. The zero-order chi connectivity index (χ0) is 20.9. The maximum atomic E-state index is 14.0. The number of rotatable bonds is 6. The van der Waals surface area contributed by atoms with Crippen LogP contribution in [0.3, 0.4) is 0 Å². The predicted octanol–water partition coefficient (Wildman–Crippen LogP) is -1.57. The topological polar surface area (TPSA) is 135 Å². The maximum absolute atomic E-state index is 14.0. The van der Waals surface area contributed by atoms with Crippen LogP contribution in [0.2, 0.25) is 0 Å². The highest BCUT2D eigenvalue weighted by Crippen LogP contribution is 2.49. The zero-order valence-electron chi connectivity index (χ0n) is 15.8. The summed E-state index contributed by atoms with van der Waals surface area (Å²) in [6.07, 6.45) is 0.272. The normalized spacial score (nSPS) is 30.1. The zero-order valence-corrected chi connectivity index (χ0v) is 15.8. The summed E-state index contributed by atoms with van der Waals surface area (Å²) in [6.45, 7) is 0.512. The van der Waals surface area contributed by atoms with Crippen LogP contribution in [0.5, 0.6) is 0 Å². The number of imide groups is 1. The second-order valence-electron chi connectivity index (χ2n) is 7.69. The molecular weight excluding hydrogens is 383 g/mol. The van der Waals surface area contributed by atoms with Crippen LogP contribution in [0.1, 0.15) is 18.4 Å². The van der Waals surface area contributed by atoms with Gasteiger partial charge in [0.05, 0.1) is 12.1 Å². The van der Waals surface area contributed by atoms with Gasteiger partial charge in [-0.1, -0.05) is 0 Å². The lowest BCUT2D eigenvalue weighted by molar-refractivity contribution is -0.732. The molecule has 0 radical (unpaired) electrons. The minimum Gasteiger partial charge on any atom is -0.385 e. The number of primary amides is 1. The molecule has 5 N–H and O–H groups in total. The number of quaternary nitrogens is 1. The molecule has 3 heterocycles. The third kappa shape index (κ3) is 2.74. The Morgan fingerprint density at radius 1 is 1.34 bits per heavy atom. The van der Waals surface area contributed by atoms with Gasteiger partial charge < -0.3 is 21.1 Å². The lowest BCUT2D eigenvalue weighted by Crippen LogP contribution is -2.99. The largest absolute Gasteiger partial charge is 0.385 e. The van der Waals surface area contributed by atoms with Crippen molar-refractivity contribution in [1.29, 1.82) is 0 Å². The Morgan fingerprint density at radius 2 is 2.10 bits per heavy atom. The summed E-state index contributed by atoms with van der Waals surface area (Å²) in [5.41, 5.74) is 4.56. The summed E-state index contributed by atoms with van der Waals surface area (Å²) < 4.78 is 19.0. The number of likely N-dealkylation sites (tertiary alicyclic amines) is 1. The number of nitrogens with two attached hydrogens (primary N) is 2. The first-order valence-corrected chi connectivity index (χ1v) is 9.41. The Kier molecular flexibility index (Phi) is 4.62. The SMILES string of the molecule is COCCCN1C(=O)[C@@H]2[C@H](CC(N)=O)[NH2+][C@]3(C(=O)Nc4ccc(F)cc43)[C@@H]2C1=O. The van der Waals surface area contributed by atoms with E-state index in [-0.39, 0.29) is 13.0 Å². The number of nitrogens with one attached hydrogen (secondary N) is 1. The van der Waals surface area contributed by atoms with Crippen molar-refractivity contribution in [2.45, 2.75) is 24.4 Å². The van der Waals surface area contributed by atoms with E-state index in [9.17, 15) is 23.6 Å². The van der Waals surface area contributed by atoms with Gasteiger partial charge in [-0.3, -0.25) is 24.1 Å². The fourth-order valence-corrected chi connectivity index (χ4v) is 5.00. The summed E-state index contributed by atoms with van der Waals surface area (Å²) in [5.74, 6) is -4.56. The number of carbonyl (C=O) groups is 4. The van der Waals surface area contributed by atoms with Gasteiger partial charge in [0.25, 0.3) is 5.91 Å². The van der Waals surface area contributed by atoms with Gasteiger partial charge in [0.2, 0.25) is 23.3 Å². The molecule has 3 aliphatic heterocycles. The highest BCUT2D eigenvalue weighted by molar-refractivity contribution is 6.14. The van der Waals surface area contributed by atoms with E-state index in [1.54, 1.807) is 5.32 Å². The smallest absolute Gasteiger partial charge is 0.291 e. The van der Waals surface area contributed by atoms with E-state index >= 15 is 0 Å². The molecule has 3 aliphatic rings. The van der Waals surface area contributed by atoms with Crippen molar-refractivity contribution in [3.8, 4) is 0 Å². The quantitative estimate of drug-likeness (QED) is 0.388. The number of halogens is 1. The number of carbonyl (C=O) groups excluding carboxylic acids is 4. The Hall–Kier alpha value is -2.85. The van der Waals surface area contributed by atoms with Gasteiger partial charge in [0.1, 0.15) is 23.7 Å². The monoisotopic (exact) mass is 405 g/mol. The second-order valence-corrected chi connectivity index (χ2v) is 7.69. The number of methoxy groups -OCH3 is 1. The van der Waals surface area contributed by atoms with Gasteiger partial charge in [-0.2, -0.15) is 0 Å². The van der Waals surface area contributed by atoms with E-state index in [0.29, 0.717) is 24.3 Å². The lowest BCUT2D eigenvalue weighted by Gasteiger charge is -2.26. The third-order valence-corrected chi connectivity index (χ3v) is 6.09. The molecule has 0 aliphatic carbocycles. The molecule has 154 valence electrons. The molecule has 0 bridgehead atoms. The minimum absolute atomic E-state index is 0.148. The molecular formula is C19H22FN4O5+. The van der Waals surface area contributed by atoms with E-state index in [1.807, 2.05) is 0 Å². The van der Waals surface area contributed by atoms with Crippen LogP contribution in [-0.2, 0) is 29.5 Å². The minimum atomic E-state index is -1.51. The second kappa shape index (κ2) is 6.89. The van der Waals surface area contributed by atoms with Gasteiger partial charge in [-0.05, 0) is 24.6 Å². The van der Waals surface area contributed by atoms with Crippen molar-refractivity contribution < 1.29 is 33.6 Å². The number of ether oxygens (including phenoxy) is 1. The van der Waals surface area contributed by atoms with Crippen LogP contribution in [0.4, 0.5) is 10.1 Å². The Labute approximate surface area is 165 Å². The number of benzene rings is 1. The van der Waals surface area contributed by atoms with Gasteiger partial charge in [-0.25, -0.2) is 4.39 Å². The molecule has 10 heteroatoms. The summed E-state index contributed by atoms with van der Waals surface area (Å²) in [4.78, 5) is 52.2. The maximum Gasteiger partial charge on any atom is 0.291 e. The molecule has 4 atom stereocenters. The first kappa shape index (κ1) is 19.5. The average Bonchev–Trinajstić information content (AvgIpc) is 3.22. The van der Waals surface area contributed by atoms with Crippen molar-refractivity contribution in [2.24, 2.45) is 17.6 Å². The van der Waals surface area contributed by atoms with E-state index in [4.69, 9.17) is 10.5 Å². The van der Waals surface area contributed by atoms with E-state index in [1.165, 1.54) is 25.3 Å². The number of nitrogens with zero attached hydrogens (tertiary/aromatic N) is 1. The van der Waals surface area contributed by atoms with Crippen molar-refractivity contribution in [1.82, 2.24) is 4.90 Å². The van der Waals surface area contributed by atoms with E-state index < -0.39 is 52.9 Å². The van der Waals surface area contributed by atoms with Crippen molar-refractivity contribution >= 4 is 29.3 Å². The number of amides is 4. The number of fused-ring (bicyclic) bond motifs is 4. The molecule has 4 rings (SSSR count). The lowest BCUT2D eigenvalue weighted by atomic mass is 9.76. The van der Waals surface area contributed by atoms with Gasteiger partial charge in [0, 0.05) is 25.8 Å². The van der Waals surface area contributed by atoms with Crippen LogP contribution in [0, 0.1) is 17.7 Å². The molecule has 1 aromatic carbocycles. The molecule has 0 unspecified atom stereocenters. The van der Waals surface area contributed by atoms with Gasteiger partial charge in [-0.15, -0.1) is 0 Å². The predicted molar refractivity (Wildman–Crippen MR) is 96.4 cm³/mol. The summed E-state index contributed by atoms with van der Waals surface area (Å²) in [7, 11) is 1.52. The highest BCUT2D eigenvalue weighted by Gasteiger charge is 2.74. The van der Waals surface area contributed by atoms with Gasteiger partial charge in [0.15, 0.2) is 0 Å². The summed E-state index contributed by atoms with van der Waals surface area (Å²) >= 11 is 0. The number of hydrogen-bond donors (Lipinski definition) is 3. The average molecular weight is 405 g/mol. The van der Waals surface area contributed by atoms with Crippen LogP contribution in [0.25, 0.3) is 0 Å². The standard InChI is InChI=1S/C19H21FN4O5/c1-29-6-2-5-24-16(26)14-12(8-13(21)25)23-19(15(14)17(24)27)10-7-9(20)3-4-11(10)22-18(19)28/h3-4,7,12,14-15,23H,2,5-6,8H2,1H3,(H2,21,25)(H,22,28)/p+1/t12-,14+,15-,19-/m0/s1. The molecule has 2 saturated heterocycles. The Balaban J connectivity index is 1.80. The Morgan fingerprint density at radius 3 is 2.79 bits per heavy atom. The molecule has 0 aromatic heterocycles. The first-order valence-electron chi connectivity index (χ1n) is 9.41. The fraction of sp³-hybridized carbons (Fsp3) is 0.474. The number of anilines is 1. The molecule has 9 nitrogen and oxygen atoms in total. The molecule has 0 saturated carbocycles. The molecule has 4 amide bonds. The van der Waals surface area contributed by atoms with Crippen LogP contribution < -0.4 is 16.4 Å². The van der Waals surface area contributed by atoms with Crippen LogP contribution in [0.15, 0.2) is 18.2 Å². The molecule has 2 fully saturated rings. The molecule has 1 spiro atoms. The van der Waals surface area contributed by atoms with Crippen LogP contribution in [-0.4, -0.2) is 54.8 Å². The molecule has 1 aromatic rings. The van der Waals surface area contributed by atoms with Crippen molar-refractivity contribution in [2.75, 3.05) is 25.6 Å². The highest BCUT2D eigenvalue weighted by atomic mass is 19.1. The van der Waals surface area contributed by atoms with Crippen molar-refractivity contribution in [3.05, 3.63) is 29.6 Å². The first-order chi connectivity index (χ1) is 13.8. The summed E-state index contributed by atoms with van der Waals surface area (Å²) in [6, 6.07) is 3.16. The Bertz CT molecular complexity index is 922. The van der Waals surface area contributed by atoms with E-state index in [2.05, 4.69) is 5.32 Å². The van der Waals surface area contributed by atoms with E-state index in [0.717, 1.165) is 4.90 Å². The van der Waals surface area contributed by atoms with Crippen LogP contribution >= 0.6 is 0 Å². The summed E-state index contributed by atoms with van der Waals surface area (Å²) in [5, 5.41) is 4.24. The fourth-order valence-electron chi connectivity index (χ4n) is 5.00. The van der Waals surface area contributed by atoms with Gasteiger partial charge >= 0.3 is 0 Å². The molecule has 29 heavy (non-hydrogen) atoms.